The second-order valence-corrected chi connectivity index (χ2v) is 5.66. The summed E-state index contributed by atoms with van der Waals surface area (Å²) in [6.45, 7) is 5.21. The van der Waals surface area contributed by atoms with Crippen molar-refractivity contribution in [1.29, 1.82) is 0 Å². The molecular formula is C18H19NO2. The zero-order valence-electron chi connectivity index (χ0n) is 12.3. The molecule has 0 amide bonds. The highest BCUT2D eigenvalue weighted by Crippen LogP contribution is 2.42. The number of aromatic carboxylic acids is 1. The molecule has 1 aliphatic heterocycles. The number of benzene rings is 2. The fourth-order valence-corrected chi connectivity index (χ4v) is 3.21. The normalized spacial score (nSPS) is 21.2. The lowest BCUT2D eigenvalue weighted by molar-refractivity contribution is 0.0696. The van der Waals surface area contributed by atoms with Gasteiger partial charge in [0.05, 0.1) is 5.56 Å². The summed E-state index contributed by atoms with van der Waals surface area (Å²) in [5, 5.41) is 9.16. The smallest absolute Gasteiger partial charge is 0.335 e. The van der Waals surface area contributed by atoms with Crippen molar-refractivity contribution in [3.63, 3.8) is 0 Å². The van der Waals surface area contributed by atoms with Crippen molar-refractivity contribution in [3.05, 3.63) is 70.8 Å². The molecule has 1 aliphatic rings. The number of rotatable bonds is 3. The third-order valence-corrected chi connectivity index (χ3v) is 4.44. The van der Waals surface area contributed by atoms with Crippen LogP contribution in [0.1, 0.15) is 53.0 Å². The van der Waals surface area contributed by atoms with Crippen molar-refractivity contribution in [2.75, 3.05) is 0 Å². The molecule has 0 aliphatic carbocycles. The largest absolute Gasteiger partial charge is 0.478 e. The highest BCUT2D eigenvalue weighted by atomic mass is 16.4. The van der Waals surface area contributed by atoms with Crippen molar-refractivity contribution in [2.24, 2.45) is 0 Å². The van der Waals surface area contributed by atoms with Gasteiger partial charge in [-0.2, -0.15) is 0 Å². The monoisotopic (exact) mass is 281 g/mol. The first-order valence-electron chi connectivity index (χ1n) is 7.24. The number of fused-ring (bicyclic) bond motifs is 1. The molecule has 3 rings (SSSR count). The van der Waals surface area contributed by atoms with E-state index in [2.05, 4.69) is 43.0 Å². The Morgan fingerprint density at radius 2 is 1.71 bits per heavy atom. The zero-order valence-corrected chi connectivity index (χ0v) is 12.3. The van der Waals surface area contributed by atoms with Gasteiger partial charge in [-0.1, -0.05) is 36.4 Å². The van der Waals surface area contributed by atoms with Gasteiger partial charge in [0.2, 0.25) is 0 Å². The van der Waals surface area contributed by atoms with Crippen LogP contribution in [-0.2, 0) is 6.54 Å². The van der Waals surface area contributed by atoms with Gasteiger partial charge in [0, 0.05) is 18.6 Å². The average molecular weight is 281 g/mol. The van der Waals surface area contributed by atoms with Crippen LogP contribution in [0.5, 0.6) is 0 Å². The molecule has 2 atom stereocenters. The molecule has 0 bridgehead atoms. The van der Waals surface area contributed by atoms with E-state index < -0.39 is 5.97 Å². The van der Waals surface area contributed by atoms with Gasteiger partial charge in [-0.15, -0.1) is 0 Å². The summed E-state index contributed by atoms with van der Waals surface area (Å²) in [7, 11) is 0. The van der Waals surface area contributed by atoms with E-state index in [-0.39, 0.29) is 6.04 Å². The highest BCUT2D eigenvalue weighted by molar-refractivity contribution is 5.88. The Morgan fingerprint density at radius 1 is 1.05 bits per heavy atom. The minimum Gasteiger partial charge on any atom is -0.478 e. The molecule has 0 fully saturated rings. The highest BCUT2D eigenvalue weighted by Gasteiger charge is 2.33. The van der Waals surface area contributed by atoms with E-state index in [0.717, 1.165) is 12.1 Å². The van der Waals surface area contributed by atoms with Crippen LogP contribution in [0.2, 0.25) is 0 Å². The molecule has 3 nitrogen and oxygen atoms in total. The predicted octanol–water partition coefficient (Wildman–Crippen LogP) is 4.02. The SMILES string of the molecule is CC1c2ccc(C(=O)O)cc2C(C)N1Cc1ccccc1. The lowest BCUT2D eigenvalue weighted by Crippen LogP contribution is -2.22. The maximum Gasteiger partial charge on any atom is 0.335 e. The Balaban J connectivity index is 1.91. The van der Waals surface area contributed by atoms with Gasteiger partial charge in [-0.25, -0.2) is 4.79 Å². The molecular weight excluding hydrogens is 262 g/mol. The van der Waals surface area contributed by atoms with Crippen molar-refractivity contribution >= 4 is 5.97 Å². The molecule has 0 spiro atoms. The van der Waals surface area contributed by atoms with Crippen LogP contribution in [-0.4, -0.2) is 16.0 Å². The first-order valence-corrected chi connectivity index (χ1v) is 7.24. The molecule has 21 heavy (non-hydrogen) atoms. The van der Waals surface area contributed by atoms with Gasteiger partial charge in [-0.3, -0.25) is 4.90 Å². The van der Waals surface area contributed by atoms with Gasteiger partial charge >= 0.3 is 5.97 Å². The van der Waals surface area contributed by atoms with E-state index >= 15 is 0 Å². The molecule has 0 radical (unpaired) electrons. The lowest BCUT2D eigenvalue weighted by Gasteiger charge is -2.26. The van der Waals surface area contributed by atoms with E-state index in [1.54, 1.807) is 6.07 Å². The Morgan fingerprint density at radius 3 is 2.38 bits per heavy atom. The molecule has 0 aromatic heterocycles. The molecule has 2 aromatic carbocycles. The van der Waals surface area contributed by atoms with E-state index in [0.29, 0.717) is 11.6 Å². The zero-order chi connectivity index (χ0) is 15.0. The third-order valence-electron chi connectivity index (χ3n) is 4.44. The van der Waals surface area contributed by atoms with Crippen LogP contribution >= 0.6 is 0 Å². The Bertz CT molecular complexity index is 666. The molecule has 0 saturated heterocycles. The maximum absolute atomic E-state index is 11.1. The van der Waals surface area contributed by atoms with Gasteiger partial charge in [-0.05, 0) is 42.7 Å². The van der Waals surface area contributed by atoms with Crippen LogP contribution in [0.25, 0.3) is 0 Å². The molecule has 0 saturated carbocycles. The van der Waals surface area contributed by atoms with Crippen LogP contribution < -0.4 is 0 Å². The molecule has 1 heterocycles. The first kappa shape index (κ1) is 13.8. The minimum atomic E-state index is -0.862. The van der Waals surface area contributed by atoms with E-state index in [1.807, 2.05) is 18.2 Å². The van der Waals surface area contributed by atoms with Crippen LogP contribution in [0.4, 0.5) is 0 Å². The fraction of sp³-hybridized carbons (Fsp3) is 0.278. The summed E-state index contributed by atoms with van der Waals surface area (Å²) in [5.74, 6) is -0.862. The van der Waals surface area contributed by atoms with Crippen LogP contribution in [0.15, 0.2) is 48.5 Å². The standard InChI is InChI=1S/C18H19NO2/c1-12-16-9-8-15(18(20)21)10-17(16)13(2)19(12)11-14-6-4-3-5-7-14/h3-10,12-13H,11H2,1-2H3,(H,20,21). The average Bonchev–Trinajstić information content (AvgIpc) is 2.73. The number of nitrogens with zero attached hydrogens (tertiary/aromatic N) is 1. The Kier molecular flexibility index (Phi) is 3.52. The van der Waals surface area contributed by atoms with Crippen molar-refractivity contribution in [1.82, 2.24) is 4.90 Å². The van der Waals surface area contributed by atoms with E-state index in [4.69, 9.17) is 5.11 Å². The maximum atomic E-state index is 11.1. The molecule has 108 valence electrons. The number of hydrogen-bond donors (Lipinski definition) is 1. The van der Waals surface area contributed by atoms with E-state index in [9.17, 15) is 4.79 Å². The molecule has 2 aromatic rings. The van der Waals surface area contributed by atoms with Crippen molar-refractivity contribution in [3.8, 4) is 0 Å². The number of carboxylic acid groups (broad SMARTS) is 1. The van der Waals surface area contributed by atoms with E-state index in [1.165, 1.54) is 11.1 Å². The fourth-order valence-electron chi connectivity index (χ4n) is 3.21. The second kappa shape index (κ2) is 5.34. The number of carboxylic acids is 1. The predicted molar refractivity (Wildman–Crippen MR) is 82.2 cm³/mol. The summed E-state index contributed by atoms with van der Waals surface area (Å²) in [4.78, 5) is 13.6. The number of carbonyl (C=O) groups is 1. The molecule has 2 unspecified atom stereocenters. The van der Waals surface area contributed by atoms with Gasteiger partial charge < -0.3 is 5.11 Å². The second-order valence-electron chi connectivity index (χ2n) is 5.66. The lowest BCUT2D eigenvalue weighted by atomic mass is 10.0. The Labute approximate surface area is 124 Å². The van der Waals surface area contributed by atoms with Gasteiger partial charge in [0.1, 0.15) is 0 Å². The van der Waals surface area contributed by atoms with Crippen LogP contribution in [0, 0.1) is 0 Å². The van der Waals surface area contributed by atoms with Gasteiger partial charge in [0.25, 0.3) is 0 Å². The van der Waals surface area contributed by atoms with Crippen molar-refractivity contribution < 1.29 is 9.90 Å². The first-order chi connectivity index (χ1) is 10.1. The topological polar surface area (TPSA) is 40.5 Å². The molecule has 1 N–H and O–H groups in total. The summed E-state index contributed by atoms with van der Waals surface area (Å²) < 4.78 is 0. The summed E-state index contributed by atoms with van der Waals surface area (Å²) >= 11 is 0. The Hall–Kier alpha value is -2.13. The van der Waals surface area contributed by atoms with Crippen LogP contribution in [0.3, 0.4) is 0 Å². The minimum absolute atomic E-state index is 0.231. The van der Waals surface area contributed by atoms with Gasteiger partial charge in [0.15, 0.2) is 0 Å². The summed E-state index contributed by atoms with van der Waals surface area (Å²) in [6.07, 6.45) is 0. The number of hydrogen-bond acceptors (Lipinski definition) is 2. The third kappa shape index (κ3) is 2.45. The van der Waals surface area contributed by atoms with Crippen molar-refractivity contribution in [2.45, 2.75) is 32.5 Å². The quantitative estimate of drug-likeness (QED) is 0.923. The summed E-state index contributed by atoms with van der Waals surface area (Å²) in [6, 6.07) is 16.4. The molecule has 3 heteroatoms. The summed E-state index contributed by atoms with van der Waals surface area (Å²) in [5.41, 5.74) is 4.03.